The van der Waals surface area contributed by atoms with E-state index in [0.29, 0.717) is 5.92 Å². The van der Waals surface area contributed by atoms with Gasteiger partial charge in [0.25, 0.3) is 0 Å². The molecule has 0 heterocycles. The summed E-state index contributed by atoms with van der Waals surface area (Å²) in [6.45, 7) is 9.41. The summed E-state index contributed by atoms with van der Waals surface area (Å²) in [7, 11) is 0. The van der Waals surface area contributed by atoms with Gasteiger partial charge in [-0.25, -0.2) is 0 Å². The molecule has 2 aromatic carbocycles. The van der Waals surface area contributed by atoms with Gasteiger partial charge in [0.1, 0.15) is 0 Å². The van der Waals surface area contributed by atoms with Crippen molar-refractivity contribution in [1.29, 1.82) is 0 Å². The summed E-state index contributed by atoms with van der Waals surface area (Å²) in [5, 5.41) is 0. The lowest BCUT2D eigenvalue weighted by atomic mass is 9.69. The van der Waals surface area contributed by atoms with Crippen LogP contribution < -0.4 is 0 Å². The smallest absolute Gasteiger partial charge is 0.0119 e. The SMILES string of the molecule is CC1=CC(C(C)(C)C2=C(C)c3ccccc3C2)c2ccccc21. The second-order valence-corrected chi connectivity index (χ2v) is 7.57. The van der Waals surface area contributed by atoms with Gasteiger partial charge in [-0.3, -0.25) is 0 Å². The van der Waals surface area contributed by atoms with E-state index in [1.807, 2.05) is 0 Å². The first-order valence-electron chi connectivity index (χ1n) is 8.56. The van der Waals surface area contributed by atoms with Crippen molar-refractivity contribution < 1.29 is 0 Å². The Morgan fingerprint density at radius 3 is 2.26 bits per heavy atom. The van der Waals surface area contributed by atoms with Crippen LogP contribution in [0.1, 0.15) is 55.9 Å². The molecule has 0 amide bonds. The summed E-state index contributed by atoms with van der Waals surface area (Å²) >= 11 is 0. The van der Waals surface area contributed by atoms with E-state index in [4.69, 9.17) is 0 Å². The van der Waals surface area contributed by atoms with E-state index < -0.39 is 0 Å². The molecule has 1 unspecified atom stereocenters. The second kappa shape index (κ2) is 4.96. The van der Waals surface area contributed by atoms with Crippen molar-refractivity contribution in [3.8, 4) is 0 Å². The Hall–Kier alpha value is -2.08. The molecule has 4 rings (SSSR count). The van der Waals surface area contributed by atoms with Crippen molar-refractivity contribution in [3.05, 3.63) is 82.4 Å². The summed E-state index contributed by atoms with van der Waals surface area (Å²) in [6, 6.07) is 17.8. The van der Waals surface area contributed by atoms with Crippen LogP contribution in [0.25, 0.3) is 11.1 Å². The molecule has 0 nitrogen and oxygen atoms in total. The fraction of sp³-hybridized carbons (Fsp3) is 0.304. The van der Waals surface area contributed by atoms with Gasteiger partial charge < -0.3 is 0 Å². The monoisotopic (exact) mass is 300 g/mol. The van der Waals surface area contributed by atoms with Gasteiger partial charge in [0.15, 0.2) is 0 Å². The Labute approximate surface area is 139 Å². The van der Waals surface area contributed by atoms with Crippen LogP contribution >= 0.6 is 0 Å². The van der Waals surface area contributed by atoms with E-state index in [0.717, 1.165) is 6.42 Å². The van der Waals surface area contributed by atoms with Crippen LogP contribution in [0.4, 0.5) is 0 Å². The molecule has 1 atom stereocenters. The number of fused-ring (bicyclic) bond motifs is 2. The molecule has 0 fully saturated rings. The second-order valence-electron chi connectivity index (χ2n) is 7.57. The third-order valence-corrected chi connectivity index (χ3v) is 5.93. The highest BCUT2D eigenvalue weighted by Gasteiger charge is 2.39. The van der Waals surface area contributed by atoms with Crippen LogP contribution in [0.3, 0.4) is 0 Å². The molecule has 0 aliphatic heterocycles. The minimum Gasteiger partial charge on any atom is -0.0726 e. The summed E-state index contributed by atoms with van der Waals surface area (Å²) in [6.07, 6.45) is 3.58. The van der Waals surface area contributed by atoms with Gasteiger partial charge in [0.2, 0.25) is 0 Å². The van der Waals surface area contributed by atoms with Gasteiger partial charge in [-0.1, -0.05) is 74.0 Å². The van der Waals surface area contributed by atoms with E-state index in [1.54, 1.807) is 5.57 Å². The molecule has 0 heteroatoms. The zero-order chi connectivity index (χ0) is 16.2. The van der Waals surface area contributed by atoms with Gasteiger partial charge in [-0.05, 0) is 59.1 Å². The molecule has 0 saturated heterocycles. The first kappa shape index (κ1) is 14.5. The van der Waals surface area contributed by atoms with Gasteiger partial charge in [-0.15, -0.1) is 0 Å². The van der Waals surface area contributed by atoms with Crippen molar-refractivity contribution in [2.45, 2.75) is 40.0 Å². The first-order valence-corrected chi connectivity index (χ1v) is 8.56. The predicted molar refractivity (Wildman–Crippen MR) is 99.4 cm³/mol. The van der Waals surface area contributed by atoms with Crippen LogP contribution in [0.5, 0.6) is 0 Å². The molecule has 116 valence electrons. The highest BCUT2D eigenvalue weighted by Crippen LogP contribution is 2.53. The minimum atomic E-state index is 0.136. The maximum atomic E-state index is 2.48. The third kappa shape index (κ3) is 2.05. The predicted octanol–water partition coefficient (Wildman–Crippen LogP) is 6.24. The lowest BCUT2D eigenvalue weighted by Crippen LogP contribution is -2.23. The fourth-order valence-corrected chi connectivity index (χ4v) is 4.58. The molecule has 2 aliphatic carbocycles. The Kier molecular flexibility index (Phi) is 3.13. The van der Waals surface area contributed by atoms with Gasteiger partial charge in [-0.2, -0.15) is 0 Å². The van der Waals surface area contributed by atoms with Crippen LogP contribution in [-0.4, -0.2) is 0 Å². The third-order valence-electron chi connectivity index (χ3n) is 5.93. The number of rotatable bonds is 2. The molecular formula is C23H24. The molecule has 0 saturated carbocycles. The first-order chi connectivity index (χ1) is 11.0. The standard InChI is InChI=1S/C23H24/c1-15-13-22(20-12-8-7-10-18(15)20)23(3,4)21-14-17-9-5-6-11-19(17)16(21)2/h5-13,22H,14H2,1-4H3. The van der Waals surface area contributed by atoms with Gasteiger partial charge in [0, 0.05) is 5.92 Å². The molecule has 0 bridgehead atoms. The van der Waals surface area contributed by atoms with Crippen molar-refractivity contribution in [1.82, 2.24) is 0 Å². The molecule has 0 radical (unpaired) electrons. The van der Waals surface area contributed by atoms with E-state index in [2.05, 4.69) is 82.3 Å². The van der Waals surface area contributed by atoms with E-state index >= 15 is 0 Å². The zero-order valence-electron chi connectivity index (χ0n) is 14.5. The fourth-order valence-electron chi connectivity index (χ4n) is 4.58. The topological polar surface area (TPSA) is 0 Å². The van der Waals surface area contributed by atoms with Crippen molar-refractivity contribution in [2.75, 3.05) is 0 Å². The van der Waals surface area contributed by atoms with Gasteiger partial charge in [0.05, 0.1) is 0 Å². The van der Waals surface area contributed by atoms with E-state index in [-0.39, 0.29) is 5.41 Å². The van der Waals surface area contributed by atoms with Crippen LogP contribution in [0.2, 0.25) is 0 Å². The minimum absolute atomic E-state index is 0.136. The molecule has 2 aromatic rings. The lowest BCUT2D eigenvalue weighted by Gasteiger charge is -2.34. The Morgan fingerprint density at radius 2 is 1.52 bits per heavy atom. The summed E-state index contributed by atoms with van der Waals surface area (Å²) in [5.74, 6) is 0.470. The van der Waals surface area contributed by atoms with Crippen LogP contribution in [-0.2, 0) is 6.42 Å². The Balaban J connectivity index is 1.80. The molecule has 0 spiro atoms. The summed E-state index contributed by atoms with van der Waals surface area (Å²) in [4.78, 5) is 0. The number of hydrogen-bond donors (Lipinski definition) is 0. The molecule has 0 N–H and O–H groups in total. The largest absolute Gasteiger partial charge is 0.0726 e. The van der Waals surface area contributed by atoms with Crippen LogP contribution in [0.15, 0.2) is 60.2 Å². The molecule has 0 aromatic heterocycles. The average Bonchev–Trinajstić information content (AvgIpc) is 3.07. The zero-order valence-corrected chi connectivity index (χ0v) is 14.5. The molecule has 23 heavy (non-hydrogen) atoms. The Morgan fingerprint density at radius 1 is 0.870 bits per heavy atom. The number of allylic oxidation sites excluding steroid dienone is 4. The highest BCUT2D eigenvalue weighted by molar-refractivity contribution is 5.78. The van der Waals surface area contributed by atoms with E-state index in [1.165, 1.54) is 33.4 Å². The summed E-state index contributed by atoms with van der Waals surface area (Å²) < 4.78 is 0. The number of hydrogen-bond acceptors (Lipinski definition) is 0. The van der Waals surface area contributed by atoms with Crippen LogP contribution in [0, 0.1) is 5.41 Å². The molecule has 2 aliphatic rings. The normalized spacial score (nSPS) is 19.7. The Bertz CT molecular complexity index is 846. The van der Waals surface area contributed by atoms with Crippen molar-refractivity contribution >= 4 is 11.1 Å². The highest BCUT2D eigenvalue weighted by atomic mass is 14.4. The average molecular weight is 300 g/mol. The maximum absolute atomic E-state index is 2.48. The van der Waals surface area contributed by atoms with Crippen molar-refractivity contribution in [3.63, 3.8) is 0 Å². The molecular weight excluding hydrogens is 276 g/mol. The van der Waals surface area contributed by atoms with Gasteiger partial charge >= 0.3 is 0 Å². The number of benzene rings is 2. The van der Waals surface area contributed by atoms with Crippen molar-refractivity contribution in [2.24, 2.45) is 5.41 Å². The summed E-state index contributed by atoms with van der Waals surface area (Å²) in [5.41, 5.74) is 10.5. The van der Waals surface area contributed by atoms with E-state index in [9.17, 15) is 0 Å². The quantitative estimate of drug-likeness (QED) is 0.615. The lowest BCUT2D eigenvalue weighted by molar-refractivity contribution is 0.395. The maximum Gasteiger partial charge on any atom is 0.0119 e.